The van der Waals surface area contributed by atoms with Crippen molar-refractivity contribution in [2.24, 2.45) is 0 Å². The number of aryl methyl sites for hydroxylation is 2. The van der Waals surface area contributed by atoms with Gasteiger partial charge in [0.05, 0.1) is 5.69 Å². The van der Waals surface area contributed by atoms with Crippen LogP contribution in [0.25, 0.3) is 5.65 Å². The third-order valence-corrected chi connectivity index (χ3v) is 1.89. The highest BCUT2D eigenvalue weighted by molar-refractivity contribution is 5.57. The van der Waals surface area contributed by atoms with Crippen LogP contribution in [0.1, 0.15) is 16.8 Å². The van der Waals surface area contributed by atoms with Gasteiger partial charge in [-0.3, -0.25) is 0 Å². The third-order valence-electron chi connectivity index (χ3n) is 1.89. The lowest BCUT2D eigenvalue weighted by Crippen LogP contribution is -1.90. The molecule has 2 heterocycles. The molecule has 2 aromatic rings. The molecule has 0 saturated carbocycles. The van der Waals surface area contributed by atoms with Gasteiger partial charge in [-0.05, 0) is 19.4 Å². The number of hydrogen-bond acceptors (Lipinski definition) is 3. The summed E-state index contributed by atoms with van der Waals surface area (Å²) in [5, 5.41) is 13.0. The normalized spacial score (nSPS) is 10.2. The molecule has 64 valence electrons. The molecule has 4 heteroatoms. The van der Waals surface area contributed by atoms with Crippen molar-refractivity contribution in [2.45, 2.75) is 13.8 Å². The zero-order chi connectivity index (χ0) is 9.42. The Morgan fingerprint density at radius 3 is 2.92 bits per heavy atom. The monoisotopic (exact) mass is 172 g/mol. The second-order valence-electron chi connectivity index (χ2n) is 2.97. The van der Waals surface area contributed by atoms with Gasteiger partial charge in [0.2, 0.25) is 0 Å². The molecule has 0 atom stereocenters. The van der Waals surface area contributed by atoms with E-state index in [-0.39, 0.29) is 0 Å². The van der Waals surface area contributed by atoms with Crippen LogP contribution in [-0.4, -0.2) is 14.6 Å². The van der Waals surface area contributed by atoms with E-state index in [1.807, 2.05) is 20.0 Å². The van der Waals surface area contributed by atoms with Gasteiger partial charge < -0.3 is 0 Å². The molecular formula is C9H8N4. The fourth-order valence-corrected chi connectivity index (χ4v) is 1.27. The maximum Gasteiger partial charge on any atom is 0.173 e. The van der Waals surface area contributed by atoms with E-state index in [4.69, 9.17) is 5.26 Å². The average molecular weight is 172 g/mol. The van der Waals surface area contributed by atoms with Gasteiger partial charge in [0.25, 0.3) is 0 Å². The van der Waals surface area contributed by atoms with Crippen LogP contribution in [0.3, 0.4) is 0 Å². The van der Waals surface area contributed by atoms with Crippen LogP contribution in [-0.2, 0) is 0 Å². The van der Waals surface area contributed by atoms with E-state index < -0.39 is 0 Å². The minimum Gasteiger partial charge on any atom is -0.236 e. The molecule has 0 fully saturated rings. The zero-order valence-corrected chi connectivity index (χ0v) is 7.44. The molecule has 0 aliphatic heterocycles. The first-order chi connectivity index (χ1) is 6.22. The number of rotatable bonds is 0. The van der Waals surface area contributed by atoms with Gasteiger partial charge in [-0.2, -0.15) is 10.4 Å². The Balaban J connectivity index is 2.88. The summed E-state index contributed by atoms with van der Waals surface area (Å²) >= 11 is 0. The molecule has 13 heavy (non-hydrogen) atoms. The van der Waals surface area contributed by atoms with Crippen LogP contribution < -0.4 is 0 Å². The maximum atomic E-state index is 8.83. The van der Waals surface area contributed by atoms with E-state index >= 15 is 0 Å². The van der Waals surface area contributed by atoms with Gasteiger partial charge in [0.1, 0.15) is 11.6 Å². The van der Waals surface area contributed by atoms with Gasteiger partial charge >= 0.3 is 0 Å². The summed E-state index contributed by atoms with van der Waals surface area (Å²) in [5.41, 5.74) is 2.94. The molecule has 2 rings (SSSR count). The molecule has 0 saturated heterocycles. The molecule has 0 unspecified atom stereocenters. The number of aromatic nitrogens is 3. The lowest BCUT2D eigenvalue weighted by atomic mass is 10.3. The van der Waals surface area contributed by atoms with Crippen molar-refractivity contribution in [3.05, 3.63) is 29.2 Å². The van der Waals surface area contributed by atoms with Crippen molar-refractivity contribution >= 4 is 5.65 Å². The Morgan fingerprint density at radius 2 is 2.23 bits per heavy atom. The van der Waals surface area contributed by atoms with E-state index in [9.17, 15) is 0 Å². The first kappa shape index (κ1) is 7.74. The fourth-order valence-electron chi connectivity index (χ4n) is 1.27. The highest BCUT2D eigenvalue weighted by Gasteiger charge is 2.08. The Hall–Kier alpha value is -1.89. The molecule has 0 amide bonds. The SMILES string of the molecule is Cc1cnc2c(C#N)c(C)nn2c1. The Bertz CT molecular complexity index is 504. The summed E-state index contributed by atoms with van der Waals surface area (Å²) in [6.07, 6.45) is 3.59. The lowest BCUT2D eigenvalue weighted by Gasteiger charge is -1.92. The molecule has 0 bridgehead atoms. The van der Waals surface area contributed by atoms with Crippen molar-refractivity contribution in [1.82, 2.24) is 14.6 Å². The number of nitrogens with zero attached hydrogens (tertiary/aromatic N) is 4. The van der Waals surface area contributed by atoms with E-state index in [2.05, 4.69) is 16.2 Å². The lowest BCUT2D eigenvalue weighted by molar-refractivity contribution is 0.907. The smallest absolute Gasteiger partial charge is 0.173 e. The second kappa shape index (κ2) is 2.56. The number of fused-ring (bicyclic) bond motifs is 1. The number of nitriles is 1. The molecule has 0 aromatic carbocycles. The average Bonchev–Trinajstić information content (AvgIpc) is 2.39. The van der Waals surface area contributed by atoms with Crippen molar-refractivity contribution in [3.8, 4) is 6.07 Å². The minimum absolute atomic E-state index is 0.556. The summed E-state index contributed by atoms with van der Waals surface area (Å²) in [7, 11) is 0. The summed E-state index contributed by atoms with van der Waals surface area (Å²) in [6, 6.07) is 2.09. The summed E-state index contributed by atoms with van der Waals surface area (Å²) < 4.78 is 1.64. The second-order valence-corrected chi connectivity index (χ2v) is 2.97. The Labute approximate surface area is 75.4 Å². The van der Waals surface area contributed by atoms with Crippen LogP contribution in [0.4, 0.5) is 0 Å². The molecule has 0 spiro atoms. The highest BCUT2D eigenvalue weighted by Crippen LogP contribution is 2.11. The molecule has 4 nitrogen and oxygen atoms in total. The summed E-state index contributed by atoms with van der Waals surface area (Å²) in [4.78, 5) is 4.15. The first-order valence-corrected chi connectivity index (χ1v) is 3.94. The van der Waals surface area contributed by atoms with Crippen LogP contribution >= 0.6 is 0 Å². The zero-order valence-electron chi connectivity index (χ0n) is 7.44. The fraction of sp³-hybridized carbons (Fsp3) is 0.222. The Morgan fingerprint density at radius 1 is 1.46 bits per heavy atom. The molecule has 2 aromatic heterocycles. The summed E-state index contributed by atoms with van der Waals surface area (Å²) in [5.74, 6) is 0. The third kappa shape index (κ3) is 1.05. The summed E-state index contributed by atoms with van der Waals surface area (Å²) in [6.45, 7) is 3.75. The van der Waals surface area contributed by atoms with E-state index in [1.54, 1.807) is 10.7 Å². The van der Waals surface area contributed by atoms with E-state index in [0.29, 0.717) is 11.2 Å². The highest BCUT2D eigenvalue weighted by atomic mass is 15.2. The Kier molecular flexibility index (Phi) is 1.52. The topological polar surface area (TPSA) is 54.0 Å². The van der Waals surface area contributed by atoms with Crippen LogP contribution in [0.15, 0.2) is 12.4 Å². The quantitative estimate of drug-likeness (QED) is 0.600. The van der Waals surface area contributed by atoms with Gasteiger partial charge in [-0.25, -0.2) is 9.50 Å². The van der Waals surface area contributed by atoms with Crippen molar-refractivity contribution in [2.75, 3.05) is 0 Å². The van der Waals surface area contributed by atoms with E-state index in [0.717, 1.165) is 11.3 Å². The van der Waals surface area contributed by atoms with Crippen LogP contribution in [0.2, 0.25) is 0 Å². The number of hydrogen-bond donors (Lipinski definition) is 0. The predicted octanol–water partition coefficient (Wildman–Crippen LogP) is 1.22. The van der Waals surface area contributed by atoms with E-state index in [1.165, 1.54) is 0 Å². The molecule has 0 aliphatic rings. The van der Waals surface area contributed by atoms with Crippen molar-refractivity contribution in [3.63, 3.8) is 0 Å². The van der Waals surface area contributed by atoms with Crippen LogP contribution in [0.5, 0.6) is 0 Å². The van der Waals surface area contributed by atoms with Gasteiger partial charge in [0.15, 0.2) is 5.65 Å². The predicted molar refractivity (Wildman–Crippen MR) is 47.2 cm³/mol. The maximum absolute atomic E-state index is 8.83. The molecule has 0 radical (unpaired) electrons. The minimum atomic E-state index is 0.556. The molecular weight excluding hydrogens is 164 g/mol. The molecule has 0 N–H and O–H groups in total. The largest absolute Gasteiger partial charge is 0.236 e. The van der Waals surface area contributed by atoms with Gasteiger partial charge in [0, 0.05) is 12.4 Å². The van der Waals surface area contributed by atoms with Gasteiger partial charge in [-0.1, -0.05) is 0 Å². The standard InChI is InChI=1S/C9H8N4/c1-6-4-11-9-8(3-10)7(2)12-13(9)5-6/h4-5H,1-2H3. The van der Waals surface area contributed by atoms with Gasteiger partial charge in [-0.15, -0.1) is 0 Å². The molecule has 0 aliphatic carbocycles. The van der Waals surface area contributed by atoms with Crippen LogP contribution in [0, 0.1) is 25.2 Å². The van der Waals surface area contributed by atoms with Crippen molar-refractivity contribution < 1.29 is 0 Å². The van der Waals surface area contributed by atoms with Crippen molar-refractivity contribution in [1.29, 1.82) is 5.26 Å². The first-order valence-electron chi connectivity index (χ1n) is 3.94.